The third-order valence-electron chi connectivity index (χ3n) is 3.95. The van der Waals surface area contributed by atoms with E-state index in [-0.39, 0.29) is 23.8 Å². The lowest BCUT2D eigenvalue weighted by molar-refractivity contribution is -0.135. The van der Waals surface area contributed by atoms with Crippen LogP contribution in [-0.4, -0.2) is 35.1 Å². The molecule has 1 heterocycles. The number of carbonyl (C=O) groups excluding carboxylic acids is 1. The molecule has 4 nitrogen and oxygen atoms in total. The summed E-state index contributed by atoms with van der Waals surface area (Å²) in [4.78, 5) is 14.3. The number of nitrogens with zero attached hydrogens (tertiary/aromatic N) is 1. The Morgan fingerprint density at radius 2 is 2.26 bits per heavy atom. The molecule has 1 aromatic rings. The predicted octanol–water partition coefficient (Wildman–Crippen LogP) is 1.60. The Balaban J connectivity index is 2.07. The van der Waals surface area contributed by atoms with Crippen LogP contribution in [0.4, 0.5) is 5.69 Å². The Labute approximate surface area is 114 Å². The van der Waals surface area contributed by atoms with Gasteiger partial charge in [0.2, 0.25) is 5.91 Å². The number of piperidine rings is 1. The zero-order valence-corrected chi connectivity index (χ0v) is 11.5. The van der Waals surface area contributed by atoms with Gasteiger partial charge in [-0.25, -0.2) is 0 Å². The number of benzene rings is 1. The van der Waals surface area contributed by atoms with Crippen LogP contribution in [0.25, 0.3) is 0 Å². The number of amides is 1. The maximum Gasteiger partial charge on any atom is 0.229 e. The fourth-order valence-electron chi connectivity index (χ4n) is 2.58. The van der Waals surface area contributed by atoms with Gasteiger partial charge in [0.1, 0.15) is 0 Å². The number of hydrogen-bond donors (Lipinski definition) is 2. The van der Waals surface area contributed by atoms with Gasteiger partial charge in [-0.15, -0.1) is 0 Å². The molecule has 1 amide bonds. The molecule has 0 bridgehead atoms. The summed E-state index contributed by atoms with van der Waals surface area (Å²) in [6.45, 7) is 5.16. The normalized spacial score (nSPS) is 25.1. The largest absolute Gasteiger partial charge is 0.399 e. The first kappa shape index (κ1) is 13.9. The molecule has 3 atom stereocenters. The molecular formula is C15H22N2O2. The molecule has 3 unspecified atom stereocenters. The Hall–Kier alpha value is -1.55. The van der Waals surface area contributed by atoms with Crippen molar-refractivity contribution in [1.29, 1.82) is 0 Å². The number of nitrogens with two attached hydrogens (primary N) is 1. The standard InChI is InChI=1S/C15H22N2O2/c1-10-9-17(7-6-14(10)18)15(19)11(2)12-4-3-5-13(16)8-12/h3-5,8,10-11,14,18H,6-7,9,16H2,1-2H3. The SMILES string of the molecule is CC(C(=O)N1CCC(O)C(C)C1)c1cccc(N)c1. The van der Waals surface area contributed by atoms with Crippen molar-refractivity contribution in [2.75, 3.05) is 18.8 Å². The molecule has 1 fully saturated rings. The first-order valence-electron chi connectivity index (χ1n) is 6.81. The molecule has 1 aromatic carbocycles. The highest BCUT2D eigenvalue weighted by molar-refractivity contribution is 5.83. The van der Waals surface area contributed by atoms with E-state index >= 15 is 0 Å². The zero-order chi connectivity index (χ0) is 14.0. The van der Waals surface area contributed by atoms with Gasteiger partial charge in [-0.1, -0.05) is 19.1 Å². The van der Waals surface area contributed by atoms with E-state index in [2.05, 4.69) is 0 Å². The summed E-state index contributed by atoms with van der Waals surface area (Å²) in [5.74, 6) is 0.0704. The number of aliphatic hydroxyl groups excluding tert-OH is 1. The topological polar surface area (TPSA) is 66.6 Å². The van der Waals surface area contributed by atoms with E-state index in [1.165, 1.54) is 0 Å². The summed E-state index contributed by atoms with van der Waals surface area (Å²) in [5.41, 5.74) is 7.39. The van der Waals surface area contributed by atoms with Crippen LogP contribution in [0.1, 0.15) is 31.7 Å². The minimum atomic E-state index is -0.285. The molecule has 0 aromatic heterocycles. The Bertz CT molecular complexity index is 461. The predicted molar refractivity (Wildman–Crippen MR) is 75.6 cm³/mol. The number of aliphatic hydroxyl groups is 1. The van der Waals surface area contributed by atoms with Gasteiger partial charge in [0.05, 0.1) is 12.0 Å². The Kier molecular flexibility index (Phi) is 4.10. The summed E-state index contributed by atoms with van der Waals surface area (Å²) < 4.78 is 0. The van der Waals surface area contributed by atoms with Crippen molar-refractivity contribution in [3.63, 3.8) is 0 Å². The molecule has 4 heteroatoms. The molecule has 3 N–H and O–H groups in total. The van der Waals surface area contributed by atoms with Crippen LogP contribution in [0.3, 0.4) is 0 Å². The second-order valence-corrected chi connectivity index (χ2v) is 5.51. The number of rotatable bonds is 2. The molecule has 104 valence electrons. The highest BCUT2D eigenvalue weighted by Gasteiger charge is 2.29. The summed E-state index contributed by atoms with van der Waals surface area (Å²) >= 11 is 0. The molecule has 1 aliphatic rings. The second-order valence-electron chi connectivity index (χ2n) is 5.51. The van der Waals surface area contributed by atoms with E-state index in [0.29, 0.717) is 25.2 Å². The fraction of sp³-hybridized carbons (Fsp3) is 0.533. The molecule has 0 saturated carbocycles. The molecule has 19 heavy (non-hydrogen) atoms. The average Bonchev–Trinajstić information content (AvgIpc) is 2.40. The quantitative estimate of drug-likeness (QED) is 0.796. The third-order valence-corrected chi connectivity index (χ3v) is 3.95. The number of likely N-dealkylation sites (tertiary alicyclic amines) is 1. The summed E-state index contributed by atoms with van der Waals surface area (Å²) in [5, 5.41) is 9.71. The van der Waals surface area contributed by atoms with Crippen LogP contribution < -0.4 is 5.73 Å². The van der Waals surface area contributed by atoms with E-state index in [1.54, 1.807) is 0 Å². The summed E-state index contributed by atoms with van der Waals surface area (Å²) in [6, 6.07) is 7.48. The van der Waals surface area contributed by atoms with Crippen molar-refractivity contribution < 1.29 is 9.90 Å². The van der Waals surface area contributed by atoms with Crippen molar-refractivity contribution in [2.45, 2.75) is 32.3 Å². The van der Waals surface area contributed by atoms with Crippen LogP contribution in [0.5, 0.6) is 0 Å². The number of hydrogen-bond acceptors (Lipinski definition) is 3. The van der Waals surface area contributed by atoms with Crippen LogP contribution in [-0.2, 0) is 4.79 Å². The molecule has 0 radical (unpaired) electrons. The van der Waals surface area contributed by atoms with Gasteiger partial charge in [0, 0.05) is 18.8 Å². The monoisotopic (exact) mass is 262 g/mol. The van der Waals surface area contributed by atoms with Crippen LogP contribution >= 0.6 is 0 Å². The second kappa shape index (κ2) is 5.61. The van der Waals surface area contributed by atoms with E-state index in [9.17, 15) is 9.90 Å². The third kappa shape index (κ3) is 3.07. The minimum absolute atomic E-state index is 0.115. The number of nitrogen functional groups attached to an aromatic ring is 1. The van der Waals surface area contributed by atoms with E-state index < -0.39 is 0 Å². The maximum absolute atomic E-state index is 12.5. The van der Waals surface area contributed by atoms with Gasteiger partial charge in [-0.2, -0.15) is 0 Å². The van der Waals surface area contributed by atoms with Crippen LogP contribution in [0, 0.1) is 5.92 Å². The lowest BCUT2D eigenvalue weighted by Crippen LogP contribution is -2.46. The fourth-order valence-corrected chi connectivity index (χ4v) is 2.58. The van der Waals surface area contributed by atoms with Gasteiger partial charge >= 0.3 is 0 Å². The first-order valence-corrected chi connectivity index (χ1v) is 6.81. The van der Waals surface area contributed by atoms with Crippen molar-refractivity contribution in [2.24, 2.45) is 5.92 Å². The zero-order valence-electron chi connectivity index (χ0n) is 11.5. The minimum Gasteiger partial charge on any atom is -0.399 e. The molecule has 0 spiro atoms. The molecule has 2 rings (SSSR count). The molecule has 0 aliphatic carbocycles. The Morgan fingerprint density at radius 1 is 1.53 bits per heavy atom. The highest BCUT2D eigenvalue weighted by Crippen LogP contribution is 2.24. The van der Waals surface area contributed by atoms with Crippen LogP contribution in [0.2, 0.25) is 0 Å². The van der Waals surface area contributed by atoms with Crippen molar-refractivity contribution in [3.8, 4) is 0 Å². The van der Waals surface area contributed by atoms with E-state index in [4.69, 9.17) is 5.73 Å². The van der Waals surface area contributed by atoms with E-state index in [1.807, 2.05) is 43.0 Å². The smallest absolute Gasteiger partial charge is 0.229 e. The molecular weight excluding hydrogens is 240 g/mol. The van der Waals surface area contributed by atoms with Crippen molar-refractivity contribution in [1.82, 2.24) is 4.90 Å². The first-order chi connectivity index (χ1) is 8.99. The highest BCUT2D eigenvalue weighted by atomic mass is 16.3. The number of carbonyl (C=O) groups is 1. The van der Waals surface area contributed by atoms with Gasteiger partial charge in [-0.05, 0) is 37.0 Å². The average molecular weight is 262 g/mol. The van der Waals surface area contributed by atoms with Crippen molar-refractivity contribution in [3.05, 3.63) is 29.8 Å². The number of anilines is 1. The summed E-state index contributed by atoms with van der Waals surface area (Å²) in [7, 11) is 0. The van der Waals surface area contributed by atoms with Crippen LogP contribution in [0.15, 0.2) is 24.3 Å². The van der Waals surface area contributed by atoms with Gasteiger partial charge in [0.15, 0.2) is 0 Å². The lowest BCUT2D eigenvalue weighted by atomic mass is 9.93. The summed E-state index contributed by atoms with van der Waals surface area (Å²) in [6.07, 6.45) is 0.378. The maximum atomic E-state index is 12.5. The molecule has 1 aliphatic heterocycles. The molecule has 1 saturated heterocycles. The lowest BCUT2D eigenvalue weighted by Gasteiger charge is -2.35. The van der Waals surface area contributed by atoms with Gasteiger partial charge in [-0.3, -0.25) is 4.79 Å². The van der Waals surface area contributed by atoms with Gasteiger partial charge in [0.25, 0.3) is 0 Å². The van der Waals surface area contributed by atoms with E-state index in [0.717, 1.165) is 5.56 Å². The van der Waals surface area contributed by atoms with Gasteiger partial charge < -0.3 is 15.7 Å². The Morgan fingerprint density at radius 3 is 2.89 bits per heavy atom. The van der Waals surface area contributed by atoms with Crippen molar-refractivity contribution >= 4 is 11.6 Å².